The summed E-state index contributed by atoms with van der Waals surface area (Å²) in [5.74, 6) is 0. The van der Waals surface area contributed by atoms with Crippen molar-refractivity contribution in [2.75, 3.05) is 0 Å². The molecule has 3 nitrogen and oxygen atoms in total. The molecule has 0 atom stereocenters. The Balaban J connectivity index is 3.24. The van der Waals surface area contributed by atoms with Crippen LogP contribution in [0.3, 0.4) is 0 Å². The molecule has 1 rings (SSSR count). The normalized spacial score (nSPS) is 22.1. The Hall–Kier alpha value is -1.16. The van der Waals surface area contributed by atoms with E-state index in [1.54, 1.807) is 24.3 Å². The van der Waals surface area contributed by atoms with Crippen molar-refractivity contribution in [2.45, 2.75) is 55.7 Å². The lowest BCUT2D eigenvalue weighted by atomic mass is 9.71. The van der Waals surface area contributed by atoms with E-state index in [-0.39, 0.29) is 0 Å². The Morgan fingerprint density at radius 1 is 0.900 bits per heavy atom. The largest absolute Gasteiger partial charge is 0.393 e. The fourth-order valence-electron chi connectivity index (χ4n) is 3.52. The molecule has 0 unspecified atom stereocenters. The van der Waals surface area contributed by atoms with Crippen molar-refractivity contribution in [3.8, 4) is 0 Å². The van der Waals surface area contributed by atoms with Crippen LogP contribution in [-0.4, -0.2) is 27.4 Å². The Morgan fingerprint density at radius 3 is 1.45 bits per heavy atom. The number of hydroxylamine groups is 2. The van der Waals surface area contributed by atoms with Gasteiger partial charge in [0.2, 0.25) is 0 Å². The molecule has 0 aromatic rings. The molecule has 0 spiro atoms. The van der Waals surface area contributed by atoms with E-state index in [1.165, 1.54) is 5.06 Å². The van der Waals surface area contributed by atoms with Crippen LogP contribution in [0.4, 0.5) is 0 Å². The summed E-state index contributed by atoms with van der Waals surface area (Å²) in [6.07, 6.45) is 9.54. The highest BCUT2D eigenvalue weighted by Gasteiger charge is 2.53. The summed E-state index contributed by atoms with van der Waals surface area (Å²) in [6.45, 7) is 15.0. The highest BCUT2D eigenvalue weighted by molar-refractivity contribution is 5.11. The molecule has 0 bridgehead atoms. The molecular weight excluding hydrogens is 250 g/mol. The Labute approximate surface area is 122 Å². The summed E-state index contributed by atoms with van der Waals surface area (Å²) in [5, 5.41) is 24.6. The summed E-state index contributed by atoms with van der Waals surface area (Å²) in [7, 11) is 0. The molecule has 3 heteroatoms. The zero-order valence-corrected chi connectivity index (χ0v) is 12.3. The molecule has 1 fully saturated rings. The van der Waals surface area contributed by atoms with Crippen molar-refractivity contribution in [1.82, 2.24) is 5.06 Å². The van der Waals surface area contributed by atoms with Crippen LogP contribution in [0.1, 0.15) is 38.5 Å². The molecule has 111 valence electrons. The number of piperidine rings is 1. The molecule has 0 aromatic heterocycles. The minimum Gasteiger partial charge on any atom is -0.393 e. The maximum absolute atomic E-state index is 13.1. The van der Waals surface area contributed by atoms with Gasteiger partial charge in [-0.3, -0.25) is 0 Å². The third-order valence-corrected chi connectivity index (χ3v) is 4.19. The Kier molecular flexibility index (Phi) is 5.93. The summed E-state index contributed by atoms with van der Waals surface area (Å²) in [4.78, 5) is 0. The van der Waals surface area contributed by atoms with Gasteiger partial charge in [-0.15, -0.1) is 36.6 Å². The smallest absolute Gasteiger partial charge is 0.0593 e. The first-order chi connectivity index (χ1) is 9.50. The topological polar surface area (TPSA) is 43.4 Å². The molecule has 20 heavy (non-hydrogen) atoms. The first-order valence-corrected chi connectivity index (χ1v) is 7.09. The monoisotopic (exact) mass is 276 g/mol. The van der Waals surface area contributed by atoms with Crippen LogP contribution in [-0.2, 0) is 5.21 Å². The van der Waals surface area contributed by atoms with Gasteiger partial charge in [-0.25, -0.2) is 0 Å². The molecule has 1 heterocycles. The molecule has 0 aliphatic carbocycles. The van der Waals surface area contributed by atoms with Gasteiger partial charge >= 0.3 is 0 Å². The maximum atomic E-state index is 13.1. The third-order valence-electron chi connectivity index (χ3n) is 4.19. The third kappa shape index (κ3) is 3.11. The van der Waals surface area contributed by atoms with E-state index in [1.807, 2.05) is 0 Å². The fraction of sp³-hybridized carbons (Fsp3) is 0.529. The van der Waals surface area contributed by atoms with Crippen LogP contribution < -0.4 is 0 Å². The second-order valence-corrected chi connectivity index (χ2v) is 5.78. The zero-order valence-electron chi connectivity index (χ0n) is 12.3. The maximum Gasteiger partial charge on any atom is 0.0593 e. The summed E-state index contributed by atoms with van der Waals surface area (Å²) in [6, 6.07) is 0. The van der Waals surface area contributed by atoms with Gasteiger partial charge in [0.15, 0.2) is 0 Å². The van der Waals surface area contributed by atoms with Gasteiger partial charge in [0, 0.05) is 0 Å². The molecule has 0 aromatic carbocycles. The lowest BCUT2D eigenvalue weighted by molar-refractivity contribution is -0.313. The van der Waals surface area contributed by atoms with Crippen molar-refractivity contribution in [3.05, 3.63) is 50.6 Å². The predicted molar refractivity (Wildman–Crippen MR) is 82.5 cm³/mol. The van der Waals surface area contributed by atoms with Crippen LogP contribution in [0.5, 0.6) is 0 Å². The minimum absolute atomic E-state index is 0.449. The second-order valence-electron chi connectivity index (χ2n) is 5.78. The average molecular weight is 276 g/mol. The van der Waals surface area contributed by atoms with Crippen LogP contribution in [0.2, 0.25) is 0 Å². The van der Waals surface area contributed by atoms with Crippen molar-refractivity contribution in [1.29, 1.82) is 0 Å². The average Bonchev–Trinajstić information content (AvgIpc) is 2.37. The van der Waals surface area contributed by atoms with Gasteiger partial charge in [0.05, 0.1) is 17.2 Å². The van der Waals surface area contributed by atoms with Gasteiger partial charge in [-0.2, -0.15) is 0 Å². The van der Waals surface area contributed by atoms with E-state index < -0.39 is 17.2 Å². The SMILES string of the molecule is C=CCC1(CC=C)CC(O)CC(CC=C)(CC=C)N1[O]. The highest BCUT2D eigenvalue weighted by Crippen LogP contribution is 2.45. The standard InChI is InChI=1S/C17H26NO2/c1-5-9-16(10-6-2)13-15(19)14-17(11-7-3,12-8-4)18(16)20/h5-8,15,19H,1-4,9-14H2. The minimum atomic E-state index is -0.660. The molecular formula is C17H26NO2. The first kappa shape index (κ1) is 16.9. The Bertz CT molecular complexity index is 321. The molecule has 1 aliphatic heterocycles. The van der Waals surface area contributed by atoms with Gasteiger partial charge in [-0.05, 0) is 38.5 Å². The highest BCUT2D eigenvalue weighted by atomic mass is 16.5. The molecule has 1 N–H and O–H groups in total. The number of hydrogen-bond donors (Lipinski definition) is 1. The molecule has 0 saturated carbocycles. The van der Waals surface area contributed by atoms with Crippen LogP contribution in [0.15, 0.2) is 50.6 Å². The first-order valence-electron chi connectivity index (χ1n) is 7.09. The molecule has 1 radical (unpaired) electrons. The molecule has 1 saturated heterocycles. The number of aliphatic hydroxyl groups is 1. The quantitative estimate of drug-likeness (QED) is 0.689. The van der Waals surface area contributed by atoms with E-state index in [4.69, 9.17) is 0 Å². The molecule has 0 amide bonds. The van der Waals surface area contributed by atoms with Crippen LogP contribution >= 0.6 is 0 Å². The van der Waals surface area contributed by atoms with Crippen molar-refractivity contribution in [2.24, 2.45) is 0 Å². The molecule has 1 aliphatic rings. The summed E-state index contributed by atoms with van der Waals surface area (Å²) in [5.41, 5.74) is -1.32. The van der Waals surface area contributed by atoms with Gasteiger partial charge in [0.25, 0.3) is 0 Å². The number of hydrogen-bond acceptors (Lipinski definition) is 2. The Morgan fingerprint density at radius 2 is 1.20 bits per heavy atom. The van der Waals surface area contributed by atoms with Gasteiger partial charge in [-0.1, -0.05) is 24.3 Å². The van der Waals surface area contributed by atoms with E-state index in [0.29, 0.717) is 38.5 Å². The van der Waals surface area contributed by atoms with Crippen molar-refractivity contribution in [3.63, 3.8) is 0 Å². The lowest BCUT2D eigenvalue weighted by Gasteiger charge is -2.54. The predicted octanol–water partition coefficient (Wildman–Crippen LogP) is 3.57. The second kappa shape index (κ2) is 7.02. The van der Waals surface area contributed by atoms with E-state index in [9.17, 15) is 10.3 Å². The number of aliphatic hydroxyl groups excluding tert-OH is 1. The van der Waals surface area contributed by atoms with Crippen molar-refractivity contribution >= 4 is 0 Å². The van der Waals surface area contributed by atoms with Crippen LogP contribution in [0.25, 0.3) is 0 Å². The van der Waals surface area contributed by atoms with Crippen molar-refractivity contribution < 1.29 is 10.3 Å². The number of rotatable bonds is 8. The van der Waals surface area contributed by atoms with E-state index in [2.05, 4.69) is 26.3 Å². The van der Waals surface area contributed by atoms with Gasteiger partial charge < -0.3 is 5.11 Å². The summed E-state index contributed by atoms with van der Waals surface area (Å²) < 4.78 is 0. The van der Waals surface area contributed by atoms with Gasteiger partial charge in [0.1, 0.15) is 0 Å². The lowest BCUT2D eigenvalue weighted by Crippen LogP contribution is -2.64. The summed E-state index contributed by atoms with van der Waals surface area (Å²) >= 11 is 0. The zero-order chi connectivity index (χ0) is 15.2. The fourth-order valence-corrected chi connectivity index (χ4v) is 3.52. The van der Waals surface area contributed by atoms with Crippen LogP contribution in [0, 0.1) is 0 Å². The van der Waals surface area contributed by atoms with E-state index >= 15 is 0 Å². The van der Waals surface area contributed by atoms with E-state index in [0.717, 1.165) is 0 Å². The number of nitrogens with zero attached hydrogens (tertiary/aromatic N) is 1.